The Bertz CT molecular complexity index is 15.2. The highest BCUT2D eigenvalue weighted by Crippen LogP contribution is 1.77. The van der Waals surface area contributed by atoms with Crippen molar-refractivity contribution in [1.82, 2.24) is 0 Å². The Kier molecular flexibility index (Phi) is 83.2. The van der Waals surface area contributed by atoms with Crippen LogP contribution in [0.2, 0.25) is 0 Å². The molecule has 0 atom stereocenters. The summed E-state index contributed by atoms with van der Waals surface area (Å²) in [6, 6.07) is 0. The van der Waals surface area contributed by atoms with Crippen molar-refractivity contribution >= 4 is 0 Å². The maximum atomic E-state index is 2.18. The molecule has 0 saturated heterocycles. The number of rotatable bonds is 2. The summed E-state index contributed by atoms with van der Waals surface area (Å²) in [6.45, 7) is 13.0. The highest BCUT2D eigenvalue weighted by molar-refractivity contribution is 4.13. The topological polar surface area (TPSA) is 0 Å². The number of unbranched alkanes of at least 4 members (excludes halogenated alkanes) is 2. The van der Waals surface area contributed by atoms with Crippen molar-refractivity contribution in [3.8, 4) is 0 Å². The third-order valence-corrected chi connectivity index (χ3v) is 1.000. The van der Waals surface area contributed by atoms with Crippen molar-refractivity contribution in [2.75, 3.05) is 0 Å². The SMILES string of the molecule is C.CCC.CCCC.CCCC. The summed E-state index contributed by atoms with van der Waals surface area (Å²) in [5.74, 6) is 0. The van der Waals surface area contributed by atoms with Crippen molar-refractivity contribution in [1.29, 1.82) is 0 Å². The molecule has 0 fully saturated rings. The molecule has 0 aliphatic rings. The Morgan fingerprint density at radius 3 is 0.583 bits per heavy atom. The van der Waals surface area contributed by atoms with Crippen molar-refractivity contribution in [3.63, 3.8) is 0 Å². The molecule has 0 heterocycles. The normalized spacial score (nSPS) is 6.50. The van der Waals surface area contributed by atoms with Crippen molar-refractivity contribution in [2.24, 2.45) is 0 Å². The lowest BCUT2D eigenvalue weighted by atomic mass is 10.4. The van der Waals surface area contributed by atoms with Crippen molar-refractivity contribution in [2.45, 2.75) is 81.1 Å². The van der Waals surface area contributed by atoms with Crippen LogP contribution in [0, 0.1) is 0 Å². The molecule has 0 saturated carbocycles. The zero-order valence-electron chi connectivity index (χ0n) is 9.54. The zero-order valence-corrected chi connectivity index (χ0v) is 9.54. The van der Waals surface area contributed by atoms with Gasteiger partial charge in [0.2, 0.25) is 0 Å². The van der Waals surface area contributed by atoms with Crippen LogP contribution in [0.1, 0.15) is 81.1 Å². The second-order valence-corrected chi connectivity index (χ2v) is 2.71. The van der Waals surface area contributed by atoms with E-state index in [9.17, 15) is 0 Å². The molecule has 0 N–H and O–H groups in total. The van der Waals surface area contributed by atoms with Crippen molar-refractivity contribution < 1.29 is 0 Å². The lowest BCUT2D eigenvalue weighted by molar-refractivity contribution is 0.886. The minimum Gasteiger partial charge on any atom is -0.0776 e. The van der Waals surface area contributed by atoms with E-state index in [1.165, 1.54) is 32.1 Å². The molecule has 0 aliphatic heterocycles. The summed E-state index contributed by atoms with van der Waals surface area (Å²) in [7, 11) is 0. The second-order valence-electron chi connectivity index (χ2n) is 2.71. The Morgan fingerprint density at radius 2 is 0.583 bits per heavy atom. The fraction of sp³-hybridized carbons (Fsp3) is 1.00. The van der Waals surface area contributed by atoms with Gasteiger partial charge < -0.3 is 0 Å². The Hall–Kier alpha value is 0. The predicted molar refractivity (Wildman–Crippen MR) is 63.9 cm³/mol. The molecule has 80 valence electrons. The average Bonchev–Trinajstić information content (AvgIpc) is 2.06. The van der Waals surface area contributed by atoms with Gasteiger partial charge in [0.05, 0.1) is 0 Å². The van der Waals surface area contributed by atoms with E-state index < -0.39 is 0 Å². The first-order chi connectivity index (χ1) is 5.24. The van der Waals surface area contributed by atoms with E-state index in [-0.39, 0.29) is 7.43 Å². The number of hydrogen-bond acceptors (Lipinski definition) is 0. The summed E-state index contributed by atoms with van der Waals surface area (Å²) >= 11 is 0. The van der Waals surface area contributed by atoms with E-state index in [0.717, 1.165) is 0 Å². The quantitative estimate of drug-likeness (QED) is 0.509. The summed E-state index contributed by atoms with van der Waals surface area (Å²) in [6.07, 6.45) is 6.53. The first-order valence-electron chi connectivity index (χ1n) is 5.24. The third kappa shape index (κ3) is 202. The van der Waals surface area contributed by atoms with Gasteiger partial charge in [-0.25, -0.2) is 0 Å². The summed E-state index contributed by atoms with van der Waals surface area (Å²) in [5, 5.41) is 0. The predicted octanol–water partition coefficient (Wildman–Crippen LogP) is 5.67. The lowest BCUT2D eigenvalue weighted by Gasteiger charge is -1.68. The molecule has 0 radical (unpaired) electrons. The first-order valence-corrected chi connectivity index (χ1v) is 5.24. The largest absolute Gasteiger partial charge is 0.0776 e. The van der Waals surface area contributed by atoms with Gasteiger partial charge in [-0.05, 0) is 0 Å². The van der Waals surface area contributed by atoms with Crippen LogP contribution in [0.15, 0.2) is 0 Å². The fourth-order valence-corrected chi connectivity index (χ4v) is 0. The second kappa shape index (κ2) is 44.0. The fourth-order valence-electron chi connectivity index (χ4n) is 0. The molecule has 0 nitrogen and oxygen atoms in total. The number of hydrogen-bond donors (Lipinski definition) is 0. The lowest BCUT2D eigenvalue weighted by Crippen LogP contribution is -1.47. The van der Waals surface area contributed by atoms with Crippen LogP contribution in [0.25, 0.3) is 0 Å². The Morgan fingerprint density at radius 1 is 0.500 bits per heavy atom. The Balaban J connectivity index is -0.0000000389. The van der Waals surface area contributed by atoms with Crippen molar-refractivity contribution in [3.05, 3.63) is 0 Å². The highest BCUT2D eigenvalue weighted by Gasteiger charge is 1.56. The van der Waals surface area contributed by atoms with Crippen LogP contribution in [0.5, 0.6) is 0 Å². The van der Waals surface area contributed by atoms with Crippen LogP contribution in [0.3, 0.4) is 0 Å². The molecular formula is C12H32. The molecule has 0 rings (SSSR count). The summed E-state index contributed by atoms with van der Waals surface area (Å²) < 4.78 is 0. The summed E-state index contributed by atoms with van der Waals surface area (Å²) in [4.78, 5) is 0. The minimum absolute atomic E-state index is 0. The molecule has 0 heteroatoms. The van der Waals surface area contributed by atoms with E-state index in [2.05, 4.69) is 41.5 Å². The maximum absolute atomic E-state index is 2.18. The molecule has 0 bridgehead atoms. The van der Waals surface area contributed by atoms with Gasteiger partial charge in [-0.2, -0.15) is 0 Å². The molecule has 0 aromatic rings. The zero-order chi connectivity index (χ0) is 9.54. The molecule has 0 unspecified atom stereocenters. The van der Waals surface area contributed by atoms with Gasteiger partial charge >= 0.3 is 0 Å². The highest BCUT2D eigenvalue weighted by atomic mass is 13.6. The van der Waals surface area contributed by atoms with Crippen LogP contribution in [-0.4, -0.2) is 0 Å². The van der Waals surface area contributed by atoms with Crippen LogP contribution in [-0.2, 0) is 0 Å². The van der Waals surface area contributed by atoms with Crippen LogP contribution < -0.4 is 0 Å². The van der Waals surface area contributed by atoms with Gasteiger partial charge in [-0.15, -0.1) is 0 Å². The molecule has 0 aromatic heterocycles. The van der Waals surface area contributed by atoms with Gasteiger partial charge in [0.15, 0.2) is 0 Å². The smallest absolute Gasteiger partial charge is 0.0564 e. The van der Waals surface area contributed by atoms with E-state index in [1.807, 2.05) is 0 Å². The van der Waals surface area contributed by atoms with E-state index in [4.69, 9.17) is 0 Å². The third-order valence-electron chi connectivity index (χ3n) is 1.000. The van der Waals surface area contributed by atoms with E-state index in [0.29, 0.717) is 0 Å². The minimum atomic E-state index is 0. The summed E-state index contributed by atoms with van der Waals surface area (Å²) in [5.41, 5.74) is 0. The van der Waals surface area contributed by atoms with E-state index >= 15 is 0 Å². The average molecular weight is 176 g/mol. The standard InChI is InChI=1S/2C4H10.C3H8.CH4/c2*1-3-4-2;1-3-2;/h2*3-4H2,1-2H3;3H2,1-2H3;1H4. The maximum Gasteiger partial charge on any atom is -0.0564 e. The van der Waals surface area contributed by atoms with Gasteiger partial charge in [-0.1, -0.05) is 81.1 Å². The Labute approximate surface area is 81.8 Å². The van der Waals surface area contributed by atoms with Gasteiger partial charge in [0.25, 0.3) is 0 Å². The molecule has 0 amide bonds. The van der Waals surface area contributed by atoms with Gasteiger partial charge in [0.1, 0.15) is 0 Å². The molecule has 12 heavy (non-hydrogen) atoms. The molecule has 0 aromatic carbocycles. The molecule has 0 spiro atoms. The van der Waals surface area contributed by atoms with Gasteiger partial charge in [0, 0.05) is 0 Å². The molecular weight excluding hydrogens is 144 g/mol. The van der Waals surface area contributed by atoms with E-state index in [1.54, 1.807) is 0 Å². The monoisotopic (exact) mass is 176 g/mol. The van der Waals surface area contributed by atoms with Crippen LogP contribution >= 0.6 is 0 Å². The first kappa shape index (κ1) is 22.7. The van der Waals surface area contributed by atoms with Gasteiger partial charge in [-0.3, -0.25) is 0 Å². The van der Waals surface area contributed by atoms with Crippen LogP contribution in [0.4, 0.5) is 0 Å². The molecule has 0 aliphatic carbocycles.